The Morgan fingerprint density at radius 3 is 2.54 bits per heavy atom. The van der Waals surface area contributed by atoms with Crippen LogP contribution in [0.2, 0.25) is 0 Å². The van der Waals surface area contributed by atoms with Crippen LogP contribution in [0, 0.1) is 22.7 Å². The Morgan fingerprint density at radius 2 is 1.89 bits per heavy atom. The van der Waals surface area contributed by atoms with Crippen LogP contribution < -0.4 is 9.47 Å². The fourth-order valence-corrected chi connectivity index (χ4v) is 9.73. The molecule has 1 unspecified atom stereocenters. The maximum atomic E-state index is 12.3. The zero-order valence-corrected chi connectivity index (χ0v) is 22.4. The summed E-state index contributed by atoms with van der Waals surface area (Å²) < 4.78 is 19.6. The van der Waals surface area contributed by atoms with Crippen LogP contribution in [0.15, 0.2) is 12.1 Å². The van der Waals surface area contributed by atoms with E-state index in [1.54, 1.807) is 7.11 Å². The number of nitrogens with zero attached hydrogens (tertiary/aromatic N) is 1. The van der Waals surface area contributed by atoms with Crippen molar-refractivity contribution in [2.75, 3.05) is 27.3 Å². The van der Waals surface area contributed by atoms with Crippen LogP contribution in [-0.2, 0) is 16.6 Å². The third-order valence-electron chi connectivity index (χ3n) is 12.1. The number of piperidine rings is 1. The van der Waals surface area contributed by atoms with Crippen molar-refractivity contribution in [2.45, 2.75) is 101 Å². The molecule has 4 bridgehead atoms. The third-order valence-corrected chi connectivity index (χ3v) is 12.1. The molecule has 2 heterocycles. The Kier molecular flexibility index (Phi) is 4.42. The van der Waals surface area contributed by atoms with E-state index >= 15 is 0 Å². The number of fused-ring (bicyclic) bond motifs is 2. The van der Waals surface area contributed by atoms with Crippen molar-refractivity contribution in [3.63, 3.8) is 0 Å². The van der Waals surface area contributed by atoms with Gasteiger partial charge in [0.25, 0.3) is 0 Å². The Hall–Kier alpha value is -1.30. The molecule has 7 atom stereocenters. The topological polar surface area (TPSA) is 51.2 Å². The number of likely N-dealkylation sites (tertiary alicyclic amines) is 1. The zero-order valence-electron chi connectivity index (χ0n) is 22.4. The van der Waals surface area contributed by atoms with E-state index in [0.717, 1.165) is 56.1 Å². The van der Waals surface area contributed by atoms with Crippen molar-refractivity contribution >= 4 is 0 Å². The molecule has 0 amide bonds. The fraction of sp³-hybridized carbons (Fsp3) is 0.800. The van der Waals surface area contributed by atoms with Crippen molar-refractivity contribution in [1.82, 2.24) is 4.90 Å². The smallest absolute Gasteiger partial charge is 0.165 e. The second-order valence-electron chi connectivity index (χ2n) is 14.0. The maximum absolute atomic E-state index is 12.3. The minimum absolute atomic E-state index is 0.0112. The fourth-order valence-electron chi connectivity index (χ4n) is 9.73. The summed E-state index contributed by atoms with van der Waals surface area (Å²) in [6.45, 7) is 11.0. The lowest BCUT2D eigenvalue weighted by Gasteiger charge is -2.75. The SMILES string of the molecule is COc1ccc2c3c1O[C@H]1[C@]4(OC)CCC5(C[C@@H]4[C@@](C)(O)C(C)(C)C)[C@@H](C2)N(CC2CC2)CC[C@]315. The molecule has 4 saturated carbocycles. The molecule has 1 aromatic carbocycles. The van der Waals surface area contributed by atoms with Crippen LogP contribution in [-0.4, -0.2) is 60.7 Å². The molecule has 0 aromatic heterocycles. The van der Waals surface area contributed by atoms with Crippen molar-refractivity contribution in [1.29, 1.82) is 0 Å². The summed E-state index contributed by atoms with van der Waals surface area (Å²) in [6.07, 6.45) is 8.00. The molecule has 1 saturated heterocycles. The van der Waals surface area contributed by atoms with Crippen molar-refractivity contribution in [3.05, 3.63) is 23.3 Å². The molecule has 192 valence electrons. The van der Waals surface area contributed by atoms with E-state index in [-0.39, 0.29) is 28.3 Å². The van der Waals surface area contributed by atoms with Crippen molar-refractivity contribution in [2.24, 2.45) is 22.7 Å². The molecule has 5 heteroatoms. The van der Waals surface area contributed by atoms with Crippen LogP contribution in [0.5, 0.6) is 11.5 Å². The van der Waals surface area contributed by atoms with E-state index in [4.69, 9.17) is 14.2 Å². The molecule has 1 N–H and O–H groups in total. The number of hydrogen-bond donors (Lipinski definition) is 1. The first-order valence-corrected chi connectivity index (χ1v) is 13.9. The summed E-state index contributed by atoms with van der Waals surface area (Å²) in [5, 5.41) is 12.3. The second kappa shape index (κ2) is 6.76. The van der Waals surface area contributed by atoms with E-state index in [9.17, 15) is 5.11 Å². The number of methoxy groups -OCH3 is 2. The predicted octanol–water partition coefficient (Wildman–Crippen LogP) is 4.72. The summed E-state index contributed by atoms with van der Waals surface area (Å²) >= 11 is 0. The molecule has 5 fully saturated rings. The van der Waals surface area contributed by atoms with Gasteiger partial charge in [0.05, 0.1) is 12.7 Å². The van der Waals surface area contributed by atoms with Gasteiger partial charge in [-0.1, -0.05) is 26.8 Å². The van der Waals surface area contributed by atoms with Gasteiger partial charge in [0, 0.05) is 42.0 Å². The molecular formula is C30H43NO4. The summed E-state index contributed by atoms with van der Waals surface area (Å²) in [4.78, 5) is 2.86. The van der Waals surface area contributed by atoms with Gasteiger partial charge in [-0.15, -0.1) is 0 Å². The average molecular weight is 482 g/mol. The molecular weight excluding hydrogens is 438 g/mol. The van der Waals surface area contributed by atoms with E-state index in [1.807, 2.05) is 7.11 Å². The number of rotatable bonds is 5. The number of benzene rings is 1. The standard InChI is InChI=1S/C30H43NO4/c1-26(2,3)27(4,32)21-16-28-11-12-30(21,34-6)25-29(28)13-14-31(17-18-7-8-18)22(28)15-19-9-10-20(33-5)24(35-25)23(19)29/h9-10,18,21-22,25,32H,7-8,11-17H2,1-6H3/t21-,22-,25-,27-,28?,29+,30+/m1/s1. The number of hydrogen-bond acceptors (Lipinski definition) is 5. The minimum atomic E-state index is -0.879. The Balaban J connectivity index is 1.48. The summed E-state index contributed by atoms with van der Waals surface area (Å²) in [5.74, 6) is 2.71. The molecule has 8 rings (SSSR count). The van der Waals surface area contributed by atoms with Gasteiger partial charge in [0.15, 0.2) is 11.5 Å². The van der Waals surface area contributed by atoms with Gasteiger partial charge in [-0.05, 0) is 81.4 Å². The Labute approximate surface area is 210 Å². The third kappa shape index (κ3) is 2.47. The van der Waals surface area contributed by atoms with Gasteiger partial charge in [-0.2, -0.15) is 0 Å². The first-order valence-electron chi connectivity index (χ1n) is 13.9. The van der Waals surface area contributed by atoms with Crippen LogP contribution in [0.25, 0.3) is 0 Å². The van der Waals surface area contributed by atoms with Gasteiger partial charge in [-0.25, -0.2) is 0 Å². The molecule has 7 aliphatic rings. The van der Waals surface area contributed by atoms with Crippen LogP contribution in [0.4, 0.5) is 0 Å². The lowest BCUT2D eigenvalue weighted by Crippen LogP contribution is -2.83. The van der Waals surface area contributed by atoms with Crippen molar-refractivity contribution in [3.8, 4) is 11.5 Å². The molecule has 0 radical (unpaired) electrons. The maximum Gasteiger partial charge on any atom is 0.165 e. The molecule has 2 spiro atoms. The molecule has 35 heavy (non-hydrogen) atoms. The normalized spacial score (nSPS) is 42.9. The number of ether oxygens (including phenoxy) is 3. The van der Waals surface area contributed by atoms with Gasteiger partial charge in [0.2, 0.25) is 0 Å². The zero-order chi connectivity index (χ0) is 24.6. The summed E-state index contributed by atoms with van der Waals surface area (Å²) in [6, 6.07) is 4.93. The minimum Gasteiger partial charge on any atom is -0.493 e. The highest BCUT2D eigenvalue weighted by Gasteiger charge is 2.82. The lowest BCUT2D eigenvalue weighted by molar-refractivity contribution is -0.312. The Bertz CT molecular complexity index is 1070. The van der Waals surface area contributed by atoms with Gasteiger partial charge in [0.1, 0.15) is 11.7 Å². The Morgan fingerprint density at radius 1 is 1.11 bits per heavy atom. The first kappa shape index (κ1) is 22.9. The van der Waals surface area contributed by atoms with Crippen LogP contribution in [0.3, 0.4) is 0 Å². The summed E-state index contributed by atoms with van der Waals surface area (Å²) in [7, 11) is 3.63. The average Bonchev–Trinajstić information content (AvgIpc) is 3.56. The van der Waals surface area contributed by atoms with Crippen LogP contribution in [0.1, 0.15) is 77.3 Å². The predicted molar refractivity (Wildman–Crippen MR) is 135 cm³/mol. The first-order chi connectivity index (χ1) is 16.6. The van der Waals surface area contributed by atoms with E-state index < -0.39 is 11.2 Å². The van der Waals surface area contributed by atoms with Crippen molar-refractivity contribution < 1.29 is 19.3 Å². The van der Waals surface area contributed by atoms with E-state index in [1.165, 1.54) is 30.5 Å². The summed E-state index contributed by atoms with van der Waals surface area (Å²) in [5.41, 5.74) is 1.26. The second-order valence-corrected chi connectivity index (χ2v) is 14.0. The molecule has 1 aromatic rings. The number of aliphatic hydroxyl groups is 1. The molecule has 5 aliphatic carbocycles. The van der Waals surface area contributed by atoms with Crippen LogP contribution >= 0.6 is 0 Å². The van der Waals surface area contributed by atoms with Gasteiger partial charge >= 0.3 is 0 Å². The molecule has 5 nitrogen and oxygen atoms in total. The highest BCUT2D eigenvalue weighted by Crippen LogP contribution is 2.78. The highest BCUT2D eigenvalue weighted by atomic mass is 16.6. The quantitative estimate of drug-likeness (QED) is 0.660. The highest BCUT2D eigenvalue weighted by molar-refractivity contribution is 5.63. The van der Waals surface area contributed by atoms with E-state index in [2.05, 4.69) is 44.7 Å². The largest absolute Gasteiger partial charge is 0.493 e. The van der Waals surface area contributed by atoms with Gasteiger partial charge in [-0.3, -0.25) is 4.90 Å². The van der Waals surface area contributed by atoms with E-state index in [0.29, 0.717) is 6.04 Å². The van der Waals surface area contributed by atoms with Gasteiger partial charge < -0.3 is 19.3 Å². The lowest BCUT2D eigenvalue weighted by atomic mass is 9.33. The molecule has 2 aliphatic heterocycles. The monoisotopic (exact) mass is 481 g/mol.